The molecule has 13 rings (SSSR count). The lowest BCUT2D eigenvalue weighted by atomic mass is 9.87. The number of aromatic nitrogens is 4. The number of pyridine rings is 1. The number of nitrogens with one attached hydrogen (secondary N) is 5. The maximum atomic E-state index is 14.1. The van der Waals surface area contributed by atoms with Gasteiger partial charge in [-0.25, -0.2) is 19.6 Å². The number of alkyl carbamates (subject to hydrolysis) is 1. The van der Waals surface area contributed by atoms with E-state index >= 15 is 0 Å². The largest absolute Gasteiger partial charge is 0.495 e. The number of ether oxygens (including phenoxy) is 4. The van der Waals surface area contributed by atoms with E-state index in [1.807, 2.05) is 115 Å². The van der Waals surface area contributed by atoms with Gasteiger partial charge in [0.1, 0.15) is 30.6 Å². The number of primary amides is 1. The number of urea groups is 1. The molecule has 22 nitrogen and oxygen atoms in total. The third-order valence-electron chi connectivity index (χ3n) is 18.9. The van der Waals surface area contributed by atoms with Crippen LogP contribution in [0.25, 0.3) is 44.1 Å². The van der Waals surface area contributed by atoms with E-state index in [0.29, 0.717) is 65.2 Å². The molecule has 22 heteroatoms. The van der Waals surface area contributed by atoms with Crippen LogP contribution < -0.4 is 47.1 Å². The predicted octanol–water partition coefficient (Wildman–Crippen LogP) is 7.69. The van der Waals surface area contributed by atoms with Crippen molar-refractivity contribution in [3.8, 4) is 39.8 Å². The maximum absolute atomic E-state index is 14.1. The highest BCUT2D eigenvalue weighted by atomic mass is 16.6. The molecular weight excluding hydrogens is 1190 g/mol. The number of anilines is 2. The fourth-order valence-electron chi connectivity index (χ4n) is 13.7. The van der Waals surface area contributed by atoms with Gasteiger partial charge in [-0.2, -0.15) is 0 Å². The van der Waals surface area contributed by atoms with E-state index in [-0.39, 0.29) is 61.9 Å². The van der Waals surface area contributed by atoms with Gasteiger partial charge in [0, 0.05) is 98.0 Å². The lowest BCUT2D eigenvalue weighted by Crippen LogP contribution is -2.55. The summed E-state index contributed by atoms with van der Waals surface area (Å²) in [4.78, 5) is 98.3. The molecule has 3 aliphatic heterocycles. The number of aromatic amines is 1. The van der Waals surface area contributed by atoms with Gasteiger partial charge in [-0.1, -0.05) is 96.8 Å². The Morgan fingerprint density at radius 2 is 1.56 bits per heavy atom. The number of aryl methyl sites for hydroxylation is 1. The van der Waals surface area contributed by atoms with Gasteiger partial charge in [-0.05, 0) is 115 Å². The standard InChI is InChI=1S/C72H76N12O10/c1-71(76-31-11-12-45-19-24-61(91-3)60(38-45)84-35-28-63(86)79-69(84)89)29-36-82(37-30-71)48-26-33-83(34-27-48)68-77-58-23-20-46(56-41-81(2)67(88)64-54(56)25-32-74-64)39-55(58)65(80-68)72(94-49-21-22-49,47-13-5-4-6-14-47)43-92-44-75-66(87)59(40-62(73)85)78-70(90)93-42-57-52-17-9-7-15-50(52)51-16-8-10-18-53(51)57/h4-10,13-20,23-25,32,38-39,41,48-49,57,59,74,76H,21-22,26-31,33-37,40,42-44H2,1-3H3,(H2,73,85)(H,75,87)(H,78,90)(H,79,86,89)/t59-,72-/m0/s1. The highest BCUT2D eigenvalue weighted by Crippen LogP contribution is 2.46. The van der Waals surface area contributed by atoms with Gasteiger partial charge in [0.25, 0.3) is 5.56 Å². The summed E-state index contributed by atoms with van der Waals surface area (Å²) in [6, 6.07) is 37.7. The van der Waals surface area contributed by atoms with Gasteiger partial charge in [0.2, 0.25) is 23.7 Å². The number of methoxy groups -OCH3 is 1. The Bertz CT molecular complexity index is 4290. The number of H-pyrrole nitrogens is 1. The molecule has 8 aromatic rings. The molecule has 0 bridgehead atoms. The Morgan fingerprint density at radius 3 is 2.28 bits per heavy atom. The molecule has 0 unspecified atom stereocenters. The van der Waals surface area contributed by atoms with E-state index in [2.05, 4.69) is 60.9 Å². The molecule has 5 aromatic carbocycles. The molecule has 0 spiro atoms. The second-order valence-corrected chi connectivity index (χ2v) is 25.2. The number of carbonyl (C=O) groups is 5. The lowest BCUT2D eigenvalue weighted by Gasteiger charge is -2.45. The summed E-state index contributed by atoms with van der Waals surface area (Å²) in [6.07, 6.45) is 7.56. The van der Waals surface area contributed by atoms with E-state index in [0.717, 1.165) is 102 Å². The summed E-state index contributed by atoms with van der Waals surface area (Å²) in [5.41, 5.74) is 13.6. The number of likely N-dealkylation sites (tertiary alicyclic amines) is 1. The zero-order chi connectivity index (χ0) is 65.1. The highest BCUT2D eigenvalue weighted by Gasteiger charge is 2.45. The quantitative estimate of drug-likeness (QED) is 0.0229. The second kappa shape index (κ2) is 27.0. The molecule has 3 aromatic heterocycles. The Kier molecular flexibility index (Phi) is 18.0. The van der Waals surface area contributed by atoms with E-state index in [1.54, 1.807) is 31.0 Å². The highest BCUT2D eigenvalue weighted by molar-refractivity contribution is 6.06. The topological polar surface area (TPSA) is 270 Å². The van der Waals surface area contributed by atoms with Crippen LogP contribution in [0.2, 0.25) is 0 Å². The Morgan fingerprint density at radius 1 is 0.830 bits per heavy atom. The smallest absolute Gasteiger partial charge is 0.407 e. The zero-order valence-corrected chi connectivity index (χ0v) is 52.9. The third kappa shape index (κ3) is 13.2. The van der Waals surface area contributed by atoms with Gasteiger partial charge < -0.3 is 60.0 Å². The van der Waals surface area contributed by atoms with Crippen molar-refractivity contribution in [2.45, 2.75) is 93.5 Å². The molecule has 3 saturated heterocycles. The van der Waals surface area contributed by atoms with Crippen LogP contribution in [0.3, 0.4) is 0 Å². The fourth-order valence-corrected chi connectivity index (χ4v) is 13.7. The lowest BCUT2D eigenvalue weighted by molar-refractivity contribution is -0.130. The Balaban J connectivity index is 0.722. The Labute approximate surface area is 543 Å². The summed E-state index contributed by atoms with van der Waals surface area (Å²) >= 11 is 0. The molecule has 1 saturated carbocycles. The number of carbonyl (C=O) groups excluding carboxylic acids is 5. The first-order valence-corrected chi connectivity index (χ1v) is 32.1. The number of nitrogens with two attached hydrogens (primary N) is 1. The number of imide groups is 1. The van der Waals surface area contributed by atoms with Crippen molar-refractivity contribution >= 4 is 63.3 Å². The molecule has 7 N–H and O–H groups in total. The number of nitrogens with zero attached hydrogens (tertiary/aromatic N) is 6. The maximum Gasteiger partial charge on any atom is 0.407 e. The van der Waals surface area contributed by atoms with Crippen molar-refractivity contribution in [2.24, 2.45) is 12.8 Å². The van der Waals surface area contributed by atoms with Crippen LogP contribution >= 0.6 is 0 Å². The normalized spacial score (nSPS) is 17.5. The van der Waals surface area contributed by atoms with Crippen molar-refractivity contribution in [2.75, 3.05) is 76.1 Å². The summed E-state index contributed by atoms with van der Waals surface area (Å²) in [6.45, 7) is 5.78. The zero-order valence-electron chi connectivity index (χ0n) is 52.9. The van der Waals surface area contributed by atoms with Gasteiger partial charge in [0.05, 0.1) is 49.7 Å². The van der Waals surface area contributed by atoms with Crippen LogP contribution in [-0.2, 0) is 41.2 Å². The predicted molar refractivity (Wildman–Crippen MR) is 356 cm³/mol. The van der Waals surface area contributed by atoms with E-state index in [9.17, 15) is 28.8 Å². The van der Waals surface area contributed by atoms with Crippen LogP contribution in [0.4, 0.5) is 21.2 Å². The molecule has 6 amide bonds. The number of rotatable bonds is 21. The summed E-state index contributed by atoms with van der Waals surface area (Å²) in [5.74, 6) is 5.57. The number of hydrogen-bond acceptors (Lipinski definition) is 15. The second-order valence-electron chi connectivity index (χ2n) is 25.2. The molecule has 2 aliphatic carbocycles. The van der Waals surface area contributed by atoms with Crippen LogP contribution in [0, 0.1) is 11.8 Å². The minimum absolute atomic E-state index is 0.00111. The molecule has 2 atom stereocenters. The molecule has 4 fully saturated rings. The molecule has 94 heavy (non-hydrogen) atoms. The van der Waals surface area contributed by atoms with Gasteiger partial charge in [-0.15, -0.1) is 0 Å². The molecule has 6 heterocycles. The van der Waals surface area contributed by atoms with Gasteiger partial charge >= 0.3 is 12.1 Å². The molecule has 0 radical (unpaired) electrons. The first-order chi connectivity index (χ1) is 45.6. The van der Waals surface area contributed by atoms with Crippen LogP contribution in [-0.4, -0.2) is 144 Å². The van der Waals surface area contributed by atoms with E-state index in [1.165, 1.54) is 4.90 Å². The first kappa shape index (κ1) is 62.9. The number of benzene rings is 5. The van der Waals surface area contributed by atoms with Crippen molar-refractivity contribution in [1.82, 2.24) is 45.7 Å². The number of fused-ring (bicyclic) bond motifs is 5. The molecular formula is C72H76N12O10. The minimum atomic E-state index is -1.38. The van der Waals surface area contributed by atoms with Crippen molar-refractivity contribution in [1.29, 1.82) is 0 Å². The van der Waals surface area contributed by atoms with Crippen LogP contribution in [0.5, 0.6) is 5.75 Å². The van der Waals surface area contributed by atoms with E-state index < -0.39 is 42.0 Å². The monoisotopic (exact) mass is 1270 g/mol. The van der Waals surface area contributed by atoms with Crippen molar-refractivity contribution < 1.29 is 42.9 Å². The summed E-state index contributed by atoms with van der Waals surface area (Å²) in [7, 11) is 3.28. The first-order valence-electron chi connectivity index (χ1n) is 32.1. The Hall–Kier alpha value is -9.92. The molecule has 5 aliphatic rings. The number of hydrogen-bond donors (Lipinski definition) is 6. The van der Waals surface area contributed by atoms with E-state index in [4.69, 9.17) is 34.6 Å². The minimum Gasteiger partial charge on any atom is -0.495 e. The molecule has 484 valence electrons. The summed E-state index contributed by atoms with van der Waals surface area (Å²) < 4.78 is 26.8. The van der Waals surface area contributed by atoms with Crippen molar-refractivity contribution in [3.05, 3.63) is 172 Å². The van der Waals surface area contributed by atoms with Crippen molar-refractivity contribution in [3.63, 3.8) is 0 Å². The SMILES string of the molecule is COc1ccc(C#CCNC2(C)CCN(C3CCN(c4nc([C@@](COCNC(=O)[C@H](CC(N)=O)NC(=O)OCC5c6ccccc6-c6ccccc65)(OC5CC5)c5ccccc5)c5cc(-c6cn(C)c(=O)c7[nH]ccc67)ccc5n4)CC3)CC2)cc1N1CCC(=O)NC1=O. The fraction of sp³-hybridized carbons (Fsp3) is 0.361. The van der Waals surface area contributed by atoms with Gasteiger partial charge in [0.15, 0.2) is 5.60 Å². The average molecular weight is 1270 g/mol. The van der Waals surface area contributed by atoms with Gasteiger partial charge in [-0.3, -0.25) is 29.4 Å². The summed E-state index contributed by atoms with van der Waals surface area (Å²) in [5, 5.41) is 12.9. The number of piperidine rings is 2. The number of amides is 6. The average Bonchev–Trinajstić information content (AvgIpc) is 1.00. The third-order valence-corrected chi connectivity index (χ3v) is 18.9. The van der Waals surface area contributed by atoms with Crippen LogP contribution in [0.15, 0.2) is 139 Å². The van der Waals surface area contributed by atoms with Crippen LogP contribution in [0.1, 0.15) is 92.2 Å².